The molecule has 7 heteroatoms. The van der Waals surface area contributed by atoms with Crippen LogP contribution in [0.2, 0.25) is 0 Å². The highest BCUT2D eigenvalue weighted by atomic mass is 19.4. The summed E-state index contributed by atoms with van der Waals surface area (Å²) in [7, 11) is 1.55. The van der Waals surface area contributed by atoms with Crippen molar-refractivity contribution in [3.05, 3.63) is 52.9 Å². The number of rotatable bonds is 3. The van der Waals surface area contributed by atoms with Gasteiger partial charge in [-0.1, -0.05) is 5.16 Å². The number of alkyl halides is 3. The standard InChI is InChI=1S/C14H13F3N2O2/c1-9-7-12(18-21-9)8-19(2)13(20)10-3-5-11(6-4-10)14(15,16)17/h3-7H,8H2,1-2H3. The van der Waals surface area contributed by atoms with Gasteiger partial charge in [0.05, 0.1) is 12.1 Å². The zero-order valence-corrected chi connectivity index (χ0v) is 11.4. The first-order valence-electron chi connectivity index (χ1n) is 6.12. The number of benzene rings is 1. The first kappa shape index (κ1) is 15.1. The van der Waals surface area contributed by atoms with Crippen LogP contribution in [-0.2, 0) is 12.7 Å². The molecule has 2 aromatic rings. The SMILES string of the molecule is Cc1cc(CN(C)C(=O)c2ccc(C(F)(F)F)cc2)no1. The van der Waals surface area contributed by atoms with Gasteiger partial charge in [-0.25, -0.2) is 0 Å². The van der Waals surface area contributed by atoms with Crippen LogP contribution in [0, 0.1) is 6.92 Å². The van der Waals surface area contributed by atoms with Crippen LogP contribution in [0.4, 0.5) is 13.2 Å². The van der Waals surface area contributed by atoms with E-state index in [4.69, 9.17) is 4.52 Å². The molecule has 1 amide bonds. The fourth-order valence-corrected chi connectivity index (χ4v) is 1.83. The summed E-state index contributed by atoms with van der Waals surface area (Å²) in [4.78, 5) is 13.5. The third-order valence-corrected chi connectivity index (χ3v) is 2.88. The largest absolute Gasteiger partial charge is 0.416 e. The van der Waals surface area contributed by atoms with E-state index in [1.807, 2.05) is 0 Å². The van der Waals surface area contributed by atoms with Gasteiger partial charge in [-0.15, -0.1) is 0 Å². The Morgan fingerprint density at radius 1 is 1.29 bits per heavy atom. The van der Waals surface area contributed by atoms with Crippen LogP contribution in [-0.4, -0.2) is 23.0 Å². The van der Waals surface area contributed by atoms with Crippen molar-refractivity contribution in [3.63, 3.8) is 0 Å². The second-order valence-corrected chi connectivity index (χ2v) is 4.67. The highest BCUT2D eigenvalue weighted by Gasteiger charge is 2.30. The molecule has 2 rings (SSSR count). The molecule has 0 atom stereocenters. The number of aryl methyl sites for hydroxylation is 1. The van der Waals surface area contributed by atoms with Gasteiger partial charge in [0.2, 0.25) is 0 Å². The lowest BCUT2D eigenvalue weighted by atomic mass is 10.1. The molecule has 0 radical (unpaired) electrons. The first-order valence-corrected chi connectivity index (χ1v) is 6.12. The zero-order valence-electron chi connectivity index (χ0n) is 11.4. The minimum atomic E-state index is -4.41. The van der Waals surface area contributed by atoms with Crippen LogP contribution in [0.25, 0.3) is 0 Å². The summed E-state index contributed by atoms with van der Waals surface area (Å²) in [5.74, 6) is 0.241. The van der Waals surface area contributed by atoms with Crippen molar-refractivity contribution in [2.75, 3.05) is 7.05 Å². The van der Waals surface area contributed by atoms with Crippen LogP contribution in [0.5, 0.6) is 0 Å². The monoisotopic (exact) mass is 298 g/mol. The summed E-state index contributed by atoms with van der Waals surface area (Å²) in [6.45, 7) is 1.95. The van der Waals surface area contributed by atoms with Gasteiger partial charge >= 0.3 is 6.18 Å². The Morgan fingerprint density at radius 3 is 2.38 bits per heavy atom. The molecule has 0 spiro atoms. The fourth-order valence-electron chi connectivity index (χ4n) is 1.83. The quantitative estimate of drug-likeness (QED) is 0.873. The number of hydrogen-bond donors (Lipinski definition) is 0. The molecule has 4 nitrogen and oxygen atoms in total. The molecule has 0 saturated heterocycles. The second-order valence-electron chi connectivity index (χ2n) is 4.67. The molecule has 0 aliphatic carbocycles. The Bertz CT molecular complexity index is 632. The van der Waals surface area contributed by atoms with Crippen LogP contribution in [0.15, 0.2) is 34.9 Å². The second kappa shape index (κ2) is 5.59. The van der Waals surface area contributed by atoms with Crippen LogP contribution in [0.3, 0.4) is 0 Å². The third-order valence-electron chi connectivity index (χ3n) is 2.88. The zero-order chi connectivity index (χ0) is 15.6. The minimum absolute atomic E-state index is 0.186. The summed E-state index contributed by atoms with van der Waals surface area (Å²) in [6.07, 6.45) is -4.41. The Hall–Kier alpha value is -2.31. The average molecular weight is 298 g/mol. The van der Waals surface area contributed by atoms with Crippen molar-refractivity contribution in [2.45, 2.75) is 19.6 Å². The Kier molecular flexibility index (Phi) is 4.02. The van der Waals surface area contributed by atoms with Crippen LogP contribution in [0.1, 0.15) is 27.4 Å². The maximum absolute atomic E-state index is 12.5. The van der Waals surface area contributed by atoms with E-state index < -0.39 is 11.7 Å². The molecule has 21 heavy (non-hydrogen) atoms. The number of halogens is 3. The van der Waals surface area contributed by atoms with E-state index in [9.17, 15) is 18.0 Å². The van der Waals surface area contributed by atoms with Gasteiger partial charge in [-0.05, 0) is 31.2 Å². The van der Waals surface area contributed by atoms with Crippen molar-refractivity contribution in [2.24, 2.45) is 0 Å². The summed E-state index contributed by atoms with van der Waals surface area (Å²) in [5.41, 5.74) is -0.0187. The van der Waals surface area contributed by atoms with Crippen molar-refractivity contribution >= 4 is 5.91 Å². The van der Waals surface area contributed by atoms with Gasteiger partial charge in [0.25, 0.3) is 5.91 Å². The van der Waals surface area contributed by atoms with Crippen LogP contribution >= 0.6 is 0 Å². The number of aromatic nitrogens is 1. The van der Waals surface area contributed by atoms with E-state index in [2.05, 4.69) is 5.16 Å². The molecule has 112 valence electrons. The van der Waals surface area contributed by atoms with Crippen molar-refractivity contribution < 1.29 is 22.5 Å². The Labute approximate surface area is 119 Å². The fraction of sp³-hybridized carbons (Fsp3) is 0.286. The summed E-state index contributed by atoms with van der Waals surface area (Å²) >= 11 is 0. The van der Waals surface area contributed by atoms with E-state index in [0.717, 1.165) is 24.3 Å². The van der Waals surface area contributed by atoms with Crippen molar-refractivity contribution in [3.8, 4) is 0 Å². The molecule has 0 fully saturated rings. The number of carbonyl (C=O) groups excluding carboxylic acids is 1. The van der Waals surface area contributed by atoms with E-state index in [1.165, 1.54) is 4.90 Å². The molecule has 0 aliphatic rings. The predicted molar refractivity (Wildman–Crippen MR) is 68.5 cm³/mol. The van der Waals surface area contributed by atoms with Gasteiger partial charge in [-0.3, -0.25) is 4.79 Å². The lowest BCUT2D eigenvalue weighted by Gasteiger charge is -2.16. The Morgan fingerprint density at radius 2 is 1.90 bits per heavy atom. The summed E-state index contributed by atoms with van der Waals surface area (Å²) < 4.78 is 42.3. The third kappa shape index (κ3) is 3.62. The van der Waals surface area contributed by atoms with Crippen LogP contribution < -0.4 is 0 Å². The molecule has 0 aliphatic heterocycles. The van der Waals surface area contributed by atoms with E-state index in [-0.39, 0.29) is 18.0 Å². The maximum Gasteiger partial charge on any atom is 0.416 e. The van der Waals surface area contributed by atoms with Gasteiger partial charge in [0, 0.05) is 18.7 Å². The lowest BCUT2D eigenvalue weighted by Crippen LogP contribution is -2.26. The molecule has 1 heterocycles. The minimum Gasteiger partial charge on any atom is -0.361 e. The maximum atomic E-state index is 12.5. The molecule has 0 saturated carbocycles. The number of carbonyl (C=O) groups is 1. The van der Waals surface area contributed by atoms with E-state index in [1.54, 1.807) is 20.0 Å². The van der Waals surface area contributed by atoms with Gasteiger partial charge in [0.1, 0.15) is 11.5 Å². The smallest absolute Gasteiger partial charge is 0.361 e. The molecule has 0 bridgehead atoms. The molecule has 1 aromatic heterocycles. The molecular weight excluding hydrogens is 285 g/mol. The molecule has 0 unspecified atom stereocenters. The first-order chi connectivity index (χ1) is 9.77. The number of hydrogen-bond acceptors (Lipinski definition) is 3. The molecule has 0 N–H and O–H groups in total. The van der Waals surface area contributed by atoms with Gasteiger partial charge in [0.15, 0.2) is 0 Å². The number of amides is 1. The van der Waals surface area contributed by atoms with Gasteiger partial charge < -0.3 is 9.42 Å². The van der Waals surface area contributed by atoms with Gasteiger partial charge in [-0.2, -0.15) is 13.2 Å². The average Bonchev–Trinajstić information content (AvgIpc) is 2.82. The normalized spacial score (nSPS) is 11.5. The highest BCUT2D eigenvalue weighted by Crippen LogP contribution is 2.29. The molecule has 1 aromatic carbocycles. The topological polar surface area (TPSA) is 46.3 Å². The summed E-state index contributed by atoms with van der Waals surface area (Å²) in [6, 6.07) is 5.80. The number of nitrogens with zero attached hydrogens (tertiary/aromatic N) is 2. The molecular formula is C14H13F3N2O2. The van der Waals surface area contributed by atoms with E-state index in [0.29, 0.717) is 11.5 Å². The Balaban J connectivity index is 2.08. The van der Waals surface area contributed by atoms with Crippen molar-refractivity contribution in [1.82, 2.24) is 10.1 Å². The van der Waals surface area contributed by atoms with Crippen molar-refractivity contribution in [1.29, 1.82) is 0 Å². The van der Waals surface area contributed by atoms with E-state index >= 15 is 0 Å². The highest BCUT2D eigenvalue weighted by molar-refractivity contribution is 5.94. The lowest BCUT2D eigenvalue weighted by molar-refractivity contribution is -0.137. The summed E-state index contributed by atoms with van der Waals surface area (Å²) in [5, 5.41) is 3.76. The predicted octanol–water partition coefficient (Wildman–Crippen LogP) is 3.27.